The first-order valence-corrected chi connectivity index (χ1v) is 8.32. The van der Waals surface area contributed by atoms with Crippen molar-refractivity contribution >= 4 is 6.09 Å². The summed E-state index contributed by atoms with van der Waals surface area (Å²) in [6.45, 7) is 10.8. The number of hydrogen-bond acceptors (Lipinski definition) is 4. The lowest BCUT2D eigenvalue weighted by Gasteiger charge is -2.32. The van der Waals surface area contributed by atoms with Gasteiger partial charge in [0.05, 0.1) is 12.8 Å². The van der Waals surface area contributed by atoms with Gasteiger partial charge in [0.25, 0.3) is 0 Å². The van der Waals surface area contributed by atoms with E-state index in [1.807, 2.05) is 44.8 Å². The van der Waals surface area contributed by atoms with Crippen LogP contribution in [0.5, 0.6) is 0 Å². The van der Waals surface area contributed by atoms with Gasteiger partial charge in [-0.3, -0.25) is 4.68 Å². The Morgan fingerprint density at radius 1 is 1.39 bits per heavy atom. The minimum Gasteiger partial charge on any atom is -0.444 e. The molecule has 1 amide bonds. The Morgan fingerprint density at radius 2 is 2.09 bits per heavy atom. The van der Waals surface area contributed by atoms with Gasteiger partial charge < -0.3 is 15.2 Å². The van der Waals surface area contributed by atoms with Gasteiger partial charge in [-0.1, -0.05) is 13.3 Å². The molecule has 1 unspecified atom stereocenters. The maximum absolute atomic E-state index is 11.9. The van der Waals surface area contributed by atoms with Gasteiger partial charge in [-0.15, -0.1) is 0 Å². The normalized spacial score (nSPS) is 14.3. The maximum Gasteiger partial charge on any atom is 0.407 e. The molecule has 1 aromatic rings. The van der Waals surface area contributed by atoms with Crippen LogP contribution in [0.1, 0.15) is 53.0 Å². The van der Waals surface area contributed by atoms with Gasteiger partial charge in [0.1, 0.15) is 5.60 Å². The molecule has 0 fully saturated rings. The van der Waals surface area contributed by atoms with Crippen molar-refractivity contribution in [1.29, 1.82) is 0 Å². The molecule has 6 nitrogen and oxygen atoms in total. The molecule has 0 bridgehead atoms. The van der Waals surface area contributed by atoms with Crippen LogP contribution < -0.4 is 5.32 Å². The van der Waals surface area contributed by atoms with Crippen molar-refractivity contribution in [2.75, 3.05) is 13.2 Å². The van der Waals surface area contributed by atoms with E-state index in [0.717, 1.165) is 24.9 Å². The second-order valence-corrected chi connectivity index (χ2v) is 7.14. The zero-order valence-electron chi connectivity index (χ0n) is 15.1. The predicted molar refractivity (Wildman–Crippen MR) is 90.3 cm³/mol. The number of alkyl carbamates (subject to hydrolysis) is 1. The monoisotopic (exact) mass is 325 g/mol. The van der Waals surface area contributed by atoms with Crippen molar-refractivity contribution in [1.82, 2.24) is 15.1 Å². The first kappa shape index (κ1) is 19.5. The summed E-state index contributed by atoms with van der Waals surface area (Å²) in [5.41, 5.74) is 0.145. The van der Waals surface area contributed by atoms with Gasteiger partial charge >= 0.3 is 6.09 Å². The second-order valence-electron chi connectivity index (χ2n) is 7.14. The van der Waals surface area contributed by atoms with Crippen molar-refractivity contribution in [2.24, 2.45) is 5.41 Å². The van der Waals surface area contributed by atoms with Crippen LogP contribution in [0.4, 0.5) is 4.79 Å². The molecule has 23 heavy (non-hydrogen) atoms. The van der Waals surface area contributed by atoms with Gasteiger partial charge in [-0.25, -0.2) is 4.79 Å². The molecular weight excluding hydrogens is 294 g/mol. The Bertz CT molecular complexity index is 494. The second kappa shape index (κ2) is 8.34. The molecule has 0 saturated heterocycles. The summed E-state index contributed by atoms with van der Waals surface area (Å²) in [4.78, 5) is 11.9. The minimum absolute atomic E-state index is 0.00788. The highest BCUT2D eigenvalue weighted by Gasteiger charge is 2.31. The van der Waals surface area contributed by atoms with Crippen LogP contribution in [0, 0.1) is 5.41 Å². The van der Waals surface area contributed by atoms with Gasteiger partial charge in [-0.2, -0.15) is 5.10 Å². The SMILES string of the molecule is CCCC(CO)(CNC(=O)OC(C)(C)C)Cc1cnn(CC)c1. The Morgan fingerprint density at radius 3 is 2.57 bits per heavy atom. The standard InChI is InChI=1S/C17H31N3O3/c1-6-8-17(13-21,9-14-10-19-20(7-2)11-14)12-18-15(22)23-16(3,4)5/h10-11,21H,6-9,12-13H2,1-5H3,(H,18,22). The summed E-state index contributed by atoms with van der Waals surface area (Å²) in [7, 11) is 0. The van der Waals surface area contributed by atoms with E-state index in [0.29, 0.717) is 13.0 Å². The van der Waals surface area contributed by atoms with Crippen molar-refractivity contribution in [3.8, 4) is 0 Å². The molecular formula is C17H31N3O3. The van der Waals surface area contributed by atoms with Crippen LogP contribution in [0.3, 0.4) is 0 Å². The number of hydrogen-bond donors (Lipinski definition) is 2. The third-order valence-electron chi connectivity index (χ3n) is 3.71. The summed E-state index contributed by atoms with van der Waals surface area (Å²) in [6, 6.07) is 0. The number of carbonyl (C=O) groups is 1. The smallest absolute Gasteiger partial charge is 0.407 e. The average molecular weight is 325 g/mol. The van der Waals surface area contributed by atoms with Gasteiger partial charge in [0, 0.05) is 24.7 Å². The number of rotatable bonds is 8. The Balaban J connectivity index is 2.75. The lowest BCUT2D eigenvalue weighted by Crippen LogP contribution is -2.43. The number of nitrogens with one attached hydrogen (secondary N) is 1. The number of ether oxygens (including phenoxy) is 1. The highest BCUT2D eigenvalue weighted by Crippen LogP contribution is 2.28. The van der Waals surface area contributed by atoms with Crippen LogP contribution in [0.2, 0.25) is 0 Å². The summed E-state index contributed by atoms with van der Waals surface area (Å²) in [5.74, 6) is 0. The van der Waals surface area contributed by atoms with Gasteiger partial charge in [-0.05, 0) is 46.1 Å². The summed E-state index contributed by atoms with van der Waals surface area (Å²) in [5, 5.41) is 17.0. The van der Waals surface area contributed by atoms with Crippen molar-refractivity contribution in [2.45, 2.75) is 66.0 Å². The van der Waals surface area contributed by atoms with Crippen LogP contribution >= 0.6 is 0 Å². The predicted octanol–water partition coefficient (Wildman–Crippen LogP) is 2.75. The van der Waals surface area contributed by atoms with E-state index in [-0.39, 0.29) is 6.61 Å². The molecule has 0 aliphatic carbocycles. The average Bonchev–Trinajstić information content (AvgIpc) is 2.91. The molecule has 132 valence electrons. The van der Waals surface area contributed by atoms with E-state index in [2.05, 4.69) is 17.3 Å². The topological polar surface area (TPSA) is 76.4 Å². The van der Waals surface area contributed by atoms with E-state index in [1.165, 1.54) is 0 Å². The third-order valence-corrected chi connectivity index (χ3v) is 3.71. The molecule has 0 spiro atoms. The highest BCUT2D eigenvalue weighted by molar-refractivity contribution is 5.67. The van der Waals surface area contributed by atoms with Crippen LogP contribution in [0.25, 0.3) is 0 Å². The quantitative estimate of drug-likeness (QED) is 0.770. The molecule has 1 atom stereocenters. The number of carbonyl (C=O) groups excluding carboxylic acids is 1. The van der Waals surface area contributed by atoms with Crippen molar-refractivity contribution < 1.29 is 14.6 Å². The zero-order valence-corrected chi connectivity index (χ0v) is 15.1. The minimum atomic E-state index is -0.529. The number of amides is 1. The largest absolute Gasteiger partial charge is 0.444 e. The fraction of sp³-hybridized carbons (Fsp3) is 0.765. The number of aromatic nitrogens is 2. The zero-order chi connectivity index (χ0) is 17.5. The lowest BCUT2D eigenvalue weighted by atomic mass is 9.79. The number of aryl methyl sites for hydroxylation is 1. The maximum atomic E-state index is 11.9. The molecule has 1 aromatic heterocycles. The van der Waals surface area contributed by atoms with Crippen LogP contribution in [-0.2, 0) is 17.7 Å². The van der Waals surface area contributed by atoms with Crippen molar-refractivity contribution in [3.63, 3.8) is 0 Å². The fourth-order valence-electron chi connectivity index (χ4n) is 2.64. The Kier molecular flexibility index (Phi) is 7.06. The van der Waals surface area contributed by atoms with E-state index in [4.69, 9.17) is 4.74 Å². The van der Waals surface area contributed by atoms with Crippen LogP contribution in [-0.4, -0.2) is 39.7 Å². The van der Waals surface area contributed by atoms with E-state index >= 15 is 0 Å². The number of aliphatic hydroxyl groups is 1. The first-order chi connectivity index (χ1) is 10.7. The van der Waals surface area contributed by atoms with Crippen molar-refractivity contribution in [3.05, 3.63) is 18.0 Å². The highest BCUT2D eigenvalue weighted by atomic mass is 16.6. The van der Waals surface area contributed by atoms with E-state index in [1.54, 1.807) is 0 Å². The fourth-order valence-corrected chi connectivity index (χ4v) is 2.64. The first-order valence-electron chi connectivity index (χ1n) is 8.32. The van der Waals surface area contributed by atoms with Gasteiger partial charge in [0.15, 0.2) is 0 Å². The molecule has 0 aliphatic heterocycles. The molecule has 0 aromatic carbocycles. The van der Waals surface area contributed by atoms with E-state index < -0.39 is 17.1 Å². The summed E-state index contributed by atoms with van der Waals surface area (Å²) < 4.78 is 7.15. The molecule has 2 N–H and O–H groups in total. The Labute approximate surface area is 139 Å². The summed E-state index contributed by atoms with van der Waals surface area (Å²) in [6.07, 6.45) is 5.79. The molecule has 1 rings (SSSR count). The third kappa shape index (κ3) is 6.60. The van der Waals surface area contributed by atoms with Crippen LogP contribution in [0.15, 0.2) is 12.4 Å². The van der Waals surface area contributed by atoms with E-state index in [9.17, 15) is 9.90 Å². The number of nitrogens with zero attached hydrogens (tertiary/aromatic N) is 2. The molecule has 0 saturated carbocycles. The number of aliphatic hydroxyl groups excluding tert-OH is 1. The summed E-state index contributed by atoms with van der Waals surface area (Å²) >= 11 is 0. The van der Waals surface area contributed by atoms with Gasteiger partial charge in [0.2, 0.25) is 0 Å². The molecule has 6 heteroatoms. The molecule has 0 radical (unpaired) electrons. The molecule has 1 heterocycles. The molecule has 0 aliphatic rings. The lowest BCUT2D eigenvalue weighted by molar-refractivity contribution is 0.0455. The Hall–Kier alpha value is -1.56.